The van der Waals surface area contributed by atoms with E-state index in [0.29, 0.717) is 19.8 Å². The molecule has 0 bridgehead atoms. The van der Waals surface area contributed by atoms with Gasteiger partial charge in [0.05, 0.1) is 40.3 Å². The molecule has 0 fully saturated rings. The number of halogens is 4. The zero-order valence-electron chi connectivity index (χ0n) is 73.0. The molecule has 13 heteroatoms. The lowest BCUT2D eigenvalue weighted by Crippen LogP contribution is -2.13. The Morgan fingerprint density at radius 3 is 1.48 bits per heavy atom. The fourth-order valence-corrected chi connectivity index (χ4v) is 12.6. The van der Waals surface area contributed by atoms with Crippen molar-refractivity contribution in [1.82, 2.24) is 14.8 Å². The summed E-state index contributed by atoms with van der Waals surface area (Å²) in [6.45, 7) is 36.6. The number of aromatic nitrogens is 3. The van der Waals surface area contributed by atoms with Gasteiger partial charge in [-0.05, 0) is 253 Å². The molecule has 1 aliphatic rings. The van der Waals surface area contributed by atoms with Crippen LogP contribution >= 0.6 is 11.3 Å². The Hall–Kier alpha value is -11.1. The lowest BCUT2D eigenvalue weighted by atomic mass is 10.0. The molecule has 4 heterocycles. The number of nitrogens with zero attached hydrogens (tertiary/aromatic N) is 2. The molecule has 13 aromatic rings. The number of allylic oxidation sites excluding steroid dienone is 2. The SMILES string of the molecule is C.C.C.C.C.C.CC(=O)Cc1c(-c2ccccc2)[nH]c2ccccc12.CC(=O)c1cccs1.CC=CCC.CCCc1c(C(C)=O)cnn1-c1ccccc1.CCc1cc(C)cc2c1COCO2.CCc1ccc(C)c(F)c1.CCc1ccc(C)cc1F.CCc1ccc(F)cc1.CCc1cccc(C)c1.CCc1cccc(C)c1.CCc1ccccc1F. The fourth-order valence-electron chi connectivity index (χ4n) is 12.0. The summed E-state index contributed by atoms with van der Waals surface area (Å²) in [6, 6.07) is 77.5. The van der Waals surface area contributed by atoms with E-state index in [9.17, 15) is 31.9 Å². The molecular formula is C111H149F4N3O5S. The molecule has 14 rings (SSSR count). The summed E-state index contributed by atoms with van der Waals surface area (Å²) in [6.07, 6.45) is 16.1. The zero-order valence-corrected chi connectivity index (χ0v) is 73.8. The molecule has 0 radical (unpaired) electrons. The van der Waals surface area contributed by atoms with Crippen molar-refractivity contribution < 1.29 is 41.4 Å². The van der Waals surface area contributed by atoms with Crippen LogP contribution in [-0.4, -0.2) is 38.9 Å². The highest BCUT2D eigenvalue weighted by atomic mass is 32.1. The number of aromatic amines is 1. The molecule has 0 saturated carbocycles. The monoisotopic (exact) mass is 1710 g/mol. The number of aryl methyl sites for hydroxylation is 12. The molecule has 672 valence electrons. The van der Waals surface area contributed by atoms with E-state index >= 15 is 0 Å². The van der Waals surface area contributed by atoms with Gasteiger partial charge in [-0.2, -0.15) is 5.10 Å². The molecule has 0 spiro atoms. The molecule has 3 aromatic heterocycles. The number of carbonyl (C=O) groups excluding carboxylic acids is 3. The third kappa shape index (κ3) is 42.8. The number of thiophene rings is 1. The first-order valence-electron chi connectivity index (χ1n) is 41.2. The molecule has 0 unspecified atom stereocenters. The van der Waals surface area contributed by atoms with Gasteiger partial charge >= 0.3 is 0 Å². The maximum absolute atomic E-state index is 12.9. The summed E-state index contributed by atoms with van der Waals surface area (Å²) in [5.74, 6) is 0.981. The maximum Gasteiger partial charge on any atom is 0.189 e. The number of carbonyl (C=O) groups is 3. The number of para-hydroxylation sites is 2. The van der Waals surface area contributed by atoms with Crippen LogP contribution in [0.25, 0.3) is 27.8 Å². The van der Waals surface area contributed by atoms with Gasteiger partial charge < -0.3 is 14.5 Å². The Morgan fingerprint density at radius 2 is 1.02 bits per heavy atom. The topological polar surface area (TPSA) is 103 Å². The van der Waals surface area contributed by atoms with Gasteiger partial charge in [0.25, 0.3) is 0 Å². The second kappa shape index (κ2) is 66.4. The Morgan fingerprint density at radius 1 is 0.484 bits per heavy atom. The first-order chi connectivity index (χ1) is 56.8. The van der Waals surface area contributed by atoms with Crippen molar-refractivity contribution in [3.05, 3.63) is 384 Å². The highest BCUT2D eigenvalue weighted by Gasteiger charge is 2.17. The second-order valence-corrected chi connectivity index (χ2v) is 29.1. The van der Waals surface area contributed by atoms with E-state index in [4.69, 9.17) is 9.47 Å². The smallest absolute Gasteiger partial charge is 0.189 e. The van der Waals surface area contributed by atoms with Gasteiger partial charge in [-0.1, -0.05) is 319 Å². The van der Waals surface area contributed by atoms with Crippen LogP contribution < -0.4 is 4.74 Å². The molecule has 1 aliphatic heterocycles. The lowest BCUT2D eigenvalue weighted by molar-refractivity contribution is -0.116. The van der Waals surface area contributed by atoms with E-state index in [1.165, 1.54) is 74.0 Å². The molecule has 0 aliphatic carbocycles. The number of hydrogen-bond donors (Lipinski definition) is 1. The van der Waals surface area contributed by atoms with Gasteiger partial charge in [-0.25, -0.2) is 22.2 Å². The van der Waals surface area contributed by atoms with Crippen LogP contribution in [0, 0.1) is 57.9 Å². The van der Waals surface area contributed by atoms with Crippen molar-refractivity contribution in [2.75, 3.05) is 6.79 Å². The van der Waals surface area contributed by atoms with E-state index < -0.39 is 0 Å². The number of rotatable bonds is 16. The van der Waals surface area contributed by atoms with Crippen LogP contribution in [0.15, 0.2) is 266 Å². The number of nitrogens with one attached hydrogen (secondary N) is 1. The number of hydrogen-bond acceptors (Lipinski definition) is 7. The molecule has 0 amide bonds. The Kier molecular flexibility index (Phi) is 62.7. The van der Waals surface area contributed by atoms with E-state index in [0.717, 1.165) is 147 Å². The summed E-state index contributed by atoms with van der Waals surface area (Å²) in [5.41, 5.74) is 22.0. The minimum atomic E-state index is -0.160. The first-order valence-corrected chi connectivity index (χ1v) is 42.1. The Bertz CT molecular complexity index is 5000. The third-order valence-corrected chi connectivity index (χ3v) is 19.6. The van der Waals surface area contributed by atoms with Crippen molar-refractivity contribution in [3.8, 4) is 22.7 Å². The van der Waals surface area contributed by atoms with Crippen LogP contribution in [0.3, 0.4) is 0 Å². The molecular weight excluding hydrogens is 1560 g/mol. The van der Waals surface area contributed by atoms with Crippen LogP contribution in [-0.2, 0) is 73.9 Å². The van der Waals surface area contributed by atoms with Gasteiger partial charge in [0.2, 0.25) is 0 Å². The van der Waals surface area contributed by atoms with Gasteiger partial charge in [0.1, 0.15) is 34.8 Å². The van der Waals surface area contributed by atoms with Gasteiger partial charge in [0, 0.05) is 22.9 Å². The third-order valence-electron chi connectivity index (χ3n) is 18.6. The molecule has 0 saturated heterocycles. The van der Waals surface area contributed by atoms with Gasteiger partial charge in [-0.15, -0.1) is 11.3 Å². The summed E-state index contributed by atoms with van der Waals surface area (Å²) < 4.78 is 63.0. The number of benzene rings is 10. The predicted molar refractivity (Wildman–Crippen MR) is 530 cm³/mol. The molecule has 124 heavy (non-hydrogen) atoms. The summed E-state index contributed by atoms with van der Waals surface area (Å²) in [7, 11) is 0. The number of Topliss-reactive ketones (excluding diaryl/α,β-unsaturated/α-hetero) is 3. The van der Waals surface area contributed by atoms with Crippen LogP contribution in [0.4, 0.5) is 17.6 Å². The standard InChI is InChI=1S/C17H15NO.C14H16N2O.C11H14O2.2C9H11F.2C9H12.2C8H9F.C6H6OS.C5H10.6CH4/c1-12(19)11-15-14-9-5-6-10-16(14)18-17(15)13-7-3-2-4-8-13;1-3-7-14-13(11(2)17)10-15-16(14)12-8-5-4-6-9-12;1-3-9-4-8(2)5-11-10(9)6-12-7-13-11;1-3-8-5-4-7(2)9(10)6-8;1-3-8-5-4-7(2)6-9(8)10;2*1-3-9-6-4-5-8(2)7-9;1-2-7-3-5-8(9)6-4-7;1-2-7-5-3-4-6-8(7)9;1-5(7)6-3-2-4-8-6;1-3-5-4-2;;;;;;/h2-10,18H,11H2,1H3;4-6,8-10H,3,7H2,1-2H3;4-5H,3,6-7H2,1-2H3;2*4-6H,3H2,1-2H3;2*4-7H,3H2,1-2H3;2*3-6H,2H2,1H3;2-4H,1H3;3,5H,4H2,1-2H3;6*1H4. The number of fused-ring (bicyclic) bond motifs is 2. The lowest BCUT2D eigenvalue weighted by Gasteiger charge is -2.20. The van der Waals surface area contributed by atoms with Crippen molar-refractivity contribution in [1.29, 1.82) is 0 Å². The Labute approximate surface area is 750 Å². The molecule has 10 aromatic carbocycles. The highest BCUT2D eigenvalue weighted by molar-refractivity contribution is 7.12. The van der Waals surface area contributed by atoms with Gasteiger partial charge in [-0.3, -0.25) is 14.4 Å². The fraction of sp³-hybridized carbons (Fsp3) is 0.333. The molecule has 8 nitrogen and oxygen atoms in total. The van der Waals surface area contributed by atoms with E-state index in [1.807, 2.05) is 161 Å². The van der Waals surface area contributed by atoms with E-state index in [1.54, 1.807) is 70.3 Å². The van der Waals surface area contributed by atoms with Gasteiger partial charge in [0.15, 0.2) is 18.4 Å². The molecule has 1 N–H and O–H groups in total. The second-order valence-electron chi connectivity index (χ2n) is 28.2. The average Bonchev–Trinajstić information content (AvgIpc) is 1.38. The largest absolute Gasteiger partial charge is 0.467 e. The quantitative estimate of drug-likeness (QED) is 0.0587. The summed E-state index contributed by atoms with van der Waals surface area (Å²) in [4.78, 5) is 37.8. The van der Waals surface area contributed by atoms with E-state index in [-0.39, 0.29) is 85.2 Å². The van der Waals surface area contributed by atoms with Crippen LogP contribution in [0.2, 0.25) is 0 Å². The minimum absolute atomic E-state index is 0. The minimum Gasteiger partial charge on any atom is -0.467 e. The number of H-pyrrole nitrogens is 1. The number of ether oxygens (including phenoxy) is 2. The van der Waals surface area contributed by atoms with Crippen LogP contribution in [0.1, 0.15) is 251 Å². The first kappa shape index (κ1) is 117. The predicted octanol–water partition coefficient (Wildman–Crippen LogP) is 32.4. The van der Waals surface area contributed by atoms with Crippen molar-refractivity contribution in [2.45, 2.75) is 246 Å². The van der Waals surface area contributed by atoms with Crippen molar-refractivity contribution >= 4 is 39.6 Å². The highest BCUT2D eigenvalue weighted by Crippen LogP contribution is 2.32. The Balaban J connectivity index is -0.00000131. The van der Waals surface area contributed by atoms with E-state index in [2.05, 4.69) is 156 Å². The summed E-state index contributed by atoms with van der Waals surface area (Å²) >= 11 is 1.48. The van der Waals surface area contributed by atoms with Crippen LogP contribution in [0.5, 0.6) is 5.75 Å². The number of ketones is 3. The normalized spacial score (nSPS) is 10.0. The molecule has 0 atom stereocenters. The maximum atomic E-state index is 12.9. The average molecular weight is 1710 g/mol. The summed E-state index contributed by atoms with van der Waals surface area (Å²) in [5, 5.41) is 7.36. The van der Waals surface area contributed by atoms with Crippen molar-refractivity contribution in [2.24, 2.45) is 0 Å². The van der Waals surface area contributed by atoms with Crippen molar-refractivity contribution in [3.63, 3.8) is 0 Å². The zero-order chi connectivity index (χ0) is 86.7.